The quantitative estimate of drug-likeness (QED) is 0.219. The number of hydrogen-bond donors (Lipinski definition) is 0. The minimum atomic E-state index is -0.114. The van der Waals surface area contributed by atoms with Crippen molar-refractivity contribution in [3.8, 4) is 27.9 Å². The monoisotopic (exact) mass is 525 g/mol. The van der Waals surface area contributed by atoms with Crippen LogP contribution in [-0.2, 0) is 5.41 Å². The Morgan fingerprint density at radius 3 is 2.05 bits per heavy atom. The average Bonchev–Trinajstić information content (AvgIpc) is 3.62. The molecule has 2 nitrogen and oxygen atoms in total. The third-order valence-corrected chi connectivity index (χ3v) is 9.19. The van der Waals surface area contributed by atoms with E-state index < -0.39 is 0 Å². The highest BCUT2D eigenvalue weighted by Crippen LogP contribution is 2.52. The fraction of sp³-hybridized carbons (Fsp3) is 0.0769. The first-order valence-corrected chi connectivity index (χ1v) is 14.3. The van der Waals surface area contributed by atoms with E-state index >= 15 is 0 Å². The summed E-state index contributed by atoms with van der Waals surface area (Å²) in [5.41, 5.74) is 13.3. The molecule has 2 heteroatoms. The molecule has 1 aliphatic rings. The second kappa shape index (κ2) is 7.99. The highest BCUT2D eigenvalue weighted by molar-refractivity contribution is 6.11. The van der Waals surface area contributed by atoms with Crippen molar-refractivity contribution in [2.24, 2.45) is 0 Å². The first-order valence-electron chi connectivity index (χ1n) is 14.3. The summed E-state index contributed by atoms with van der Waals surface area (Å²) in [4.78, 5) is 0. The summed E-state index contributed by atoms with van der Waals surface area (Å²) in [5.74, 6) is 0. The van der Waals surface area contributed by atoms with Gasteiger partial charge in [-0.15, -0.1) is 0 Å². The van der Waals surface area contributed by atoms with Gasteiger partial charge in [0, 0.05) is 32.6 Å². The number of nitrogens with zero attached hydrogens (tertiary/aromatic N) is 1. The van der Waals surface area contributed by atoms with Gasteiger partial charge in [0.05, 0.1) is 11.0 Å². The molecule has 6 aromatic carbocycles. The third-order valence-electron chi connectivity index (χ3n) is 9.19. The van der Waals surface area contributed by atoms with Crippen molar-refractivity contribution >= 4 is 43.7 Å². The van der Waals surface area contributed by atoms with Crippen LogP contribution < -0.4 is 0 Å². The van der Waals surface area contributed by atoms with E-state index in [0.29, 0.717) is 0 Å². The number of hydrogen-bond acceptors (Lipinski definition) is 1. The Kier molecular flexibility index (Phi) is 4.42. The van der Waals surface area contributed by atoms with E-state index in [2.05, 4.69) is 134 Å². The van der Waals surface area contributed by atoms with Crippen molar-refractivity contribution in [3.05, 3.63) is 139 Å². The van der Waals surface area contributed by atoms with Gasteiger partial charge in [-0.3, -0.25) is 0 Å². The van der Waals surface area contributed by atoms with E-state index in [-0.39, 0.29) is 5.41 Å². The summed E-state index contributed by atoms with van der Waals surface area (Å²) < 4.78 is 8.50. The molecule has 8 aromatic rings. The van der Waals surface area contributed by atoms with Gasteiger partial charge in [-0.25, -0.2) is 0 Å². The van der Waals surface area contributed by atoms with Gasteiger partial charge in [0.1, 0.15) is 11.2 Å². The molecule has 0 fully saturated rings. The maximum absolute atomic E-state index is 6.09. The molecule has 0 saturated heterocycles. The van der Waals surface area contributed by atoms with Crippen LogP contribution in [0.1, 0.15) is 25.0 Å². The fourth-order valence-electron chi connectivity index (χ4n) is 7.14. The van der Waals surface area contributed by atoms with E-state index in [0.717, 1.165) is 21.9 Å². The molecular formula is C39H27NO. The first-order chi connectivity index (χ1) is 20.1. The van der Waals surface area contributed by atoms with Crippen LogP contribution >= 0.6 is 0 Å². The Labute approximate surface area is 238 Å². The Hall–Kier alpha value is -5.08. The SMILES string of the molecule is CC1(C)c2cc(-c3ccc4oc5ccccc5c4c3)ccc2-c2cc3c(cc21)c1ccccc1n3-c1ccccc1. The van der Waals surface area contributed by atoms with Crippen molar-refractivity contribution in [1.29, 1.82) is 0 Å². The van der Waals surface area contributed by atoms with E-state index in [1.54, 1.807) is 0 Å². The van der Waals surface area contributed by atoms with Gasteiger partial charge < -0.3 is 8.98 Å². The van der Waals surface area contributed by atoms with Crippen LogP contribution in [0.3, 0.4) is 0 Å². The second-order valence-corrected chi connectivity index (χ2v) is 11.8. The molecule has 0 radical (unpaired) electrons. The molecule has 0 unspecified atom stereocenters. The van der Waals surface area contributed by atoms with Crippen LogP contribution in [0.25, 0.3) is 71.7 Å². The van der Waals surface area contributed by atoms with Crippen LogP contribution in [0, 0.1) is 0 Å². The van der Waals surface area contributed by atoms with E-state index in [1.165, 1.54) is 60.9 Å². The zero-order chi connectivity index (χ0) is 27.3. The minimum absolute atomic E-state index is 0.114. The highest BCUT2D eigenvalue weighted by Gasteiger charge is 2.36. The number of rotatable bonds is 2. The van der Waals surface area contributed by atoms with Gasteiger partial charge in [-0.1, -0.05) is 86.6 Å². The van der Waals surface area contributed by atoms with Crippen LogP contribution in [-0.4, -0.2) is 4.57 Å². The molecule has 0 amide bonds. The lowest BCUT2D eigenvalue weighted by Gasteiger charge is -2.22. The Bertz CT molecular complexity index is 2330. The normalized spacial score (nSPS) is 13.8. The van der Waals surface area contributed by atoms with Crippen LogP contribution in [0.2, 0.25) is 0 Å². The zero-order valence-corrected chi connectivity index (χ0v) is 23.0. The summed E-state index contributed by atoms with van der Waals surface area (Å²) in [5, 5.41) is 4.93. The molecule has 0 aliphatic heterocycles. The Morgan fingerprint density at radius 1 is 0.488 bits per heavy atom. The van der Waals surface area contributed by atoms with Crippen LogP contribution in [0.4, 0.5) is 0 Å². The van der Waals surface area contributed by atoms with Crippen molar-refractivity contribution in [3.63, 3.8) is 0 Å². The van der Waals surface area contributed by atoms with Crippen molar-refractivity contribution in [1.82, 2.24) is 4.57 Å². The van der Waals surface area contributed by atoms with Crippen molar-refractivity contribution in [2.45, 2.75) is 19.3 Å². The van der Waals surface area contributed by atoms with Crippen LogP contribution in [0.5, 0.6) is 0 Å². The highest BCUT2D eigenvalue weighted by atomic mass is 16.3. The van der Waals surface area contributed by atoms with Gasteiger partial charge >= 0.3 is 0 Å². The van der Waals surface area contributed by atoms with Crippen LogP contribution in [0.15, 0.2) is 132 Å². The lowest BCUT2D eigenvalue weighted by molar-refractivity contribution is 0.661. The molecule has 9 rings (SSSR count). The molecular weight excluding hydrogens is 498 g/mol. The maximum Gasteiger partial charge on any atom is 0.135 e. The Morgan fingerprint density at radius 2 is 1.17 bits per heavy atom. The smallest absolute Gasteiger partial charge is 0.135 e. The standard InChI is InChI=1S/C39H27NO/c1-39(2)33-21-25(24-17-19-38-32(20-24)29-13-7-9-15-37(29)41-38)16-18-27(33)30-23-36-31(22-34(30)39)28-12-6-8-14-35(28)40(36)26-10-4-3-5-11-26/h3-23H,1-2H3. The summed E-state index contributed by atoms with van der Waals surface area (Å²) >= 11 is 0. The van der Waals surface area contributed by atoms with E-state index in [1.807, 2.05) is 12.1 Å². The topological polar surface area (TPSA) is 18.1 Å². The largest absolute Gasteiger partial charge is 0.456 e. The summed E-state index contributed by atoms with van der Waals surface area (Å²) in [6.45, 7) is 4.74. The molecule has 0 spiro atoms. The van der Waals surface area contributed by atoms with Gasteiger partial charge in [-0.2, -0.15) is 0 Å². The van der Waals surface area contributed by atoms with Gasteiger partial charge in [0.2, 0.25) is 0 Å². The van der Waals surface area contributed by atoms with Gasteiger partial charge in [0.25, 0.3) is 0 Å². The van der Waals surface area contributed by atoms with Crippen molar-refractivity contribution in [2.75, 3.05) is 0 Å². The lowest BCUT2D eigenvalue weighted by Crippen LogP contribution is -2.15. The fourth-order valence-corrected chi connectivity index (χ4v) is 7.14. The number of furan rings is 1. The zero-order valence-electron chi connectivity index (χ0n) is 23.0. The number of benzene rings is 6. The third kappa shape index (κ3) is 3.08. The second-order valence-electron chi connectivity index (χ2n) is 11.8. The molecule has 0 bridgehead atoms. The number of fused-ring (bicyclic) bond motifs is 9. The molecule has 1 aliphatic carbocycles. The van der Waals surface area contributed by atoms with E-state index in [9.17, 15) is 0 Å². The van der Waals surface area contributed by atoms with E-state index in [4.69, 9.17) is 4.42 Å². The summed E-state index contributed by atoms with van der Waals surface area (Å²) in [6.07, 6.45) is 0. The van der Waals surface area contributed by atoms with Gasteiger partial charge in [-0.05, 0) is 88.0 Å². The molecule has 0 saturated carbocycles. The predicted molar refractivity (Wildman–Crippen MR) is 171 cm³/mol. The molecule has 0 N–H and O–H groups in total. The number of para-hydroxylation sites is 3. The molecule has 194 valence electrons. The summed E-state index contributed by atoms with van der Waals surface area (Å²) in [7, 11) is 0. The summed E-state index contributed by atoms with van der Waals surface area (Å²) in [6, 6.07) is 46.3. The molecule has 2 aromatic heterocycles. The Balaban J connectivity index is 1.26. The predicted octanol–water partition coefficient (Wildman–Crippen LogP) is 10.7. The minimum Gasteiger partial charge on any atom is -0.456 e. The maximum atomic E-state index is 6.09. The van der Waals surface area contributed by atoms with Crippen molar-refractivity contribution < 1.29 is 4.42 Å². The average molecular weight is 526 g/mol. The number of aromatic nitrogens is 1. The first kappa shape index (κ1) is 22.7. The van der Waals surface area contributed by atoms with Gasteiger partial charge in [0.15, 0.2) is 0 Å². The lowest BCUT2D eigenvalue weighted by atomic mass is 9.81. The molecule has 2 heterocycles. The molecule has 0 atom stereocenters. The molecule has 41 heavy (non-hydrogen) atoms.